The summed E-state index contributed by atoms with van der Waals surface area (Å²) in [6.07, 6.45) is 0.376. The third-order valence-corrected chi connectivity index (χ3v) is 8.50. The van der Waals surface area contributed by atoms with Crippen LogP contribution in [0.4, 0.5) is 0 Å². The third-order valence-electron chi connectivity index (χ3n) is 6.65. The highest BCUT2D eigenvalue weighted by Crippen LogP contribution is 2.44. The largest absolute Gasteiger partial charge is 0.493 e. The van der Waals surface area contributed by atoms with Gasteiger partial charge in [-0.3, -0.25) is 0 Å². The molecule has 0 fully saturated rings. The summed E-state index contributed by atoms with van der Waals surface area (Å²) in [7, 11) is 1.81. The first-order valence-electron chi connectivity index (χ1n) is 13.5. The van der Waals surface area contributed by atoms with Gasteiger partial charge in [-0.15, -0.1) is 0 Å². The van der Waals surface area contributed by atoms with Crippen LogP contribution in [0.2, 0.25) is 0 Å². The van der Waals surface area contributed by atoms with Gasteiger partial charge in [-0.1, -0.05) is 24.0 Å². The highest BCUT2D eigenvalue weighted by Gasteiger charge is 2.40. The lowest BCUT2D eigenvalue weighted by molar-refractivity contribution is 0.0519. The van der Waals surface area contributed by atoms with E-state index >= 15 is 0 Å². The van der Waals surface area contributed by atoms with Crippen molar-refractivity contribution in [2.75, 3.05) is 27.4 Å². The Bertz CT molecular complexity index is 1520. The number of methoxy groups -OCH3 is 2. The van der Waals surface area contributed by atoms with E-state index in [-0.39, 0.29) is 24.9 Å². The normalized spacial score (nSPS) is 15.4. The molecule has 1 aliphatic heterocycles. The van der Waals surface area contributed by atoms with Gasteiger partial charge in [0, 0.05) is 35.4 Å². The number of benzene rings is 2. The smallest absolute Gasteiger partial charge is 0.356 e. The maximum absolute atomic E-state index is 13.6. The van der Waals surface area contributed by atoms with Crippen LogP contribution in [0.15, 0.2) is 48.5 Å². The van der Waals surface area contributed by atoms with Crippen LogP contribution >= 0.6 is 0 Å². The topological polar surface area (TPSA) is 98.2 Å². The molecule has 41 heavy (non-hydrogen) atoms. The molecule has 9 heteroatoms. The second-order valence-corrected chi connectivity index (χ2v) is 12.7. The molecular weight excluding hydrogens is 540 g/mol. The van der Waals surface area contributed by atoms with Gasteiger partial charge in [0.05, 0.1) is 37.3 Å². The van der Waals surface area contributed by atoms with Gasteiger partial charge in [-0.25, -0.2) is 18.3 Å². The van der Waals surface area contributed by atoms with Crippen molar-refractivity contribution in [1.29, 1.82) is 0 Å². The Labute approximate surface area is 244 Å². The van der Waals surface area contributed by atoms with E-state index in [9.17, 15) is 14.1 Å². The van der Waals surface area contributed by atoms with Crippen LogP contribution in [0.5, 0.6) is 11.5 Å². The molecule has 3 aromatic rings. The summed E-state index contributed by atoms with van der Waals surface area (Å²) in [5.41, 5.74) is 4.75. The Morgan fingerprint density at radius 1 is 1.07 bits per heavy atom. The average molecular weight is 577 g/mol. The summed E-state index contributed by atoms with van der Waals surface area (Å²) < 4.78 is 30.9. The molecule has 2 heterocycles. The van der Waals surface area contributed by atoms with E-state index < -0.39 is 21.7 Å². The fraction of sp³-hybridized carbons (Fsp3) is 0.375. The molecule has 0 amide bonds. The Kier molecular flexibility index (Phi) is 9.49. The molecule has 1 N–H and O–H groups in total. The Morgan fingerprint density at radius 2 is 1.78 bits per heavy atom. The van der Waals surface area contributed by atoms with Crippen molar-refractivity contribution in [3.63, 3.8) is 0 Å². The first-order chi connectivity index (χ1) is 19.6. The van der Waals surface area contributed by atoms with Gasteiger partial charge in [-0.05, 0) is 76.1 Å². The number of aliphatic hydroxyl groups excluding tert-OH is 1. The van der Waals surface area contributed by atoms with Crippen LogP contribution < -0.4 is 9.47 Å². The number of carbonyl (C=O) groups excluding carboxylic acids is 1. The number of fused-ring (bicyclic) bond motifs is 1. The number of aromatic nitrogens is 1. The first kappa shape index (κ1) is 30.3. The van der Waals surface area contributed by atoms with E-state index in [1.165, 1.54) is 0 Å². The van der Waals surface area contributed by atoms with E-state index in [0.29, 0.717) is 30.2 Å². The van der Waals surface area contributed by atoms with Crippen molar-refractivity contribution >= 4 is 17.0 Å². The van der Waals surface area contributed by atoms with Crippen molar-refractivity contribution < 1.29 is 28.3 Å². The summed E-state index contributed by atoms with van der Waals surface area (Å²) in [6, 6.07) is 14.5. The van der Waals surface area contributed by atoms with Crippen molar-refractivity contribution in [3.8, 4) is 34.6 Å². The third kappa shape index (κ3) is 6.62. The maximum Gasteiger partial charge on any atom is 0.356 e. The van der Waals surface area contributed by atoms with Crippen LogP contribution in [0.25, 0.3) is 11.3 Å². The molecule has 216 valence electrons. The minimum absolute atomic E-state index is 0.0855. The predicted octanol–water partition coefficient (Wildman–Crippen LogP) is 5.04. The lowest BCUT2D eigenvalue weighted by atomic mass is 9.95. The van der Waals surface area contributed by atoms with E-state index in [0.717, 1.165) is 27.8 Å². The fourth-order valence-electron chi connectivity index (χ4n) is 4.80. The fourth-order valence-corrected chi connectivity index (χ4v) is 6.20. The van der Waals surface area contributed by atoms with E-state index in [2.05, 4.69) is 11.8 Å². The summed E-state index contributed by atoms with van der Waals surface area (Å²) >= 11 is 0. The monoisotopic (exact) mass is 576 g/mol. The van der Waals surface area contributed by atoms with Gasteiger partial charge >= 0.3 is 5.97 Å². The lowest BCUT2D eigenvalue weighted by Gasteiger charge is -2.30. The van der Waals surface area contributed by atoms with Crippen LogP contribution in [-0.4, -0.2) is 56.8 Å². The second-order valence-electron chi connectivity index (χ2n) is 10.5. The molecule has 1 unspecified atom stereocenters. The van der Waals surface area contributed by atoms with Crippen LogP contribution in [-0.2, 0) is 22.3 Å². The zero-order chi connectivity index (χ0) is 29.7. The number of pyridine rings is 1. The molecule has 8 nitrogen and oxygen atoms in total. The number of hydrogen-bond acceptors (Lipinski definition) is 7. The van der Waals surface area contributed by atoms with Crippen molar-refractivity contribution in [2.45, 2.75) is 51.4 Å². The van der Waals surface area contributed by atoms with Gasteiger partial charge in [0.25, 0.3) is 0 Å². The highest BCUT2D eigenvalue weighted by molar-refractivity contribution is 7.84. The molecule has 2 atom stereocenters. The van der Waals surface area contributed by atoms with Gasteiger partial charge in [-0.2, -0.15) is 0 Å². The second kappa shape index (κ2) is 12.9. The molecule has 0 bridgehead atoms. The van der Waals surface area contributed by atoms with Crippen LogP contribution in [0.3, 0.4) is 0 Å². The number of hydrogen-bond donors (Lipinski definition) is 1. The minimum Gasteiger partial charge on any atom is -0.493 e. The molecule has 2 aromatic carbocycles. The molecule has 1 aliphatic rings. The molecule has 0 saturated heterocycles. The summed E-state index contributed by atoms with van der Waals surface area (Å²) in [5.74, 6) is 7.07. The lowest BCUT2D eigenvalue weighted by Crippen LogP contribution is -2.36. The zero-order valence-corrected chi connectivity index (χ0v) is 25.1. The first-order valence-corrected chi connectivity index (χ1v) is 14.6. The van der Waals surface area contributed by atoms with Crippen LogP contribution in [0.1, 0.15) is 72.9 Å². The number of aliphatic hydroxyl groups is 1. The summed E-state index contributed by atoms with van der Waals surface area (Å²) in [4.78, 5) is 17.6. The van der Waals surface area contributed by atoms with Crippen molar-refractivity contribution in [2.24, 2.45) is 0 Å². The van der Waals surface area contributed by atoms with E-state index in [1.807, 2.05) is 67.5 Å². The molecular formula is C32H36N2O6S. The molecule has 0 aliphatic carbocycles. The Morgan fingerprint density at radius 3 is 2.41 bits per heavy atom. The molecule has 1 aromatic heterocycles. The molecule has 0 saturated carbocycles. The van der Waals surface area contributed by atoms with Crippen molar-refractivity contribution in [3.05, 3.63) is 76.5 Å². The van der Waals surface area contributed by atoms with Gasteiger partial charge < -0.3 is 19.3 Å². The number of nitrogens with zero attached hydrogens (tertiary/aromatic N) is 2. The number of ether oxygens (including phenoxy) is 3. The predicted molar refractivity (Wildman–Crippen MR) is 159 cm³/mol. The standard InChI is InChI=1S/C32H36N2O6S/c1-7-40-31(36)25-19-24-20-34(41(37)32(2,3)4)26(15-16-35)29(24)30(33-25)23-10-8-9-21(17-23)11-12-22-13-14-27(38-5)28(18-22)39-6/h8-10,13-14,17-19,26,35H,7,15-16,20H2,1-6H3/t26-,41?/m1/s1. The summed E-state index contributed by atoms with van der Waals surface area (Å²) in [6.45, 7) is 8.02. The van der Waals surface area contributed by atoms with Crippen LogP contribution in [0, 0.1) is 11.8 Å². The van der Waals surface area contributed by atoms with Gasteiger partial charge in [0.2, 0.25) is 0 Å². The Hall–Kier alpha value is -3.71. The molecule has 0 spiro atoms. The zero-order valence-electron chi connectivity index (χ0n) is 24.3. The Balaban J connectivity index is 1.82. The van der Waals surface area contributed by atoms with Gasteiger partial charge in [0.1, 0.15) is 16.7 Å². The SMILES string of the molecule is CCOC(=O)c1cc2c(c(-c3cccc(C#Cc4ccc(OC)c(OC)c4)c3)n1)[C@@H](CCO)N(S(=O)C(C)(C)C)C2. The molecule has 4 rings (SSSR count). The minimum atomic E-state index is -1.35. The van der Waals surface area contributed by atoms with Gasteiger partial charge in [0.15, 0.2) is 11.5 Å². The maximum atomic E-state index is 13.6. The van der Waals surface area contributed by atoms with E-state index in [4.69, 9.17) is 19.2 Å². The number of esters is 1. The molecule has 0 radical (unpaired) electrons. The highest BCUT2D eigenvalue weighted by atomic mass is 32.2. The summed E-state index contributed by atoms with van der Waals surface area (Å²) in [5, 5.41) is 9.97. The average Bonchev–Trinajstić information content (AvgIpc) is 3.33. The van der Waals surface area contributed by atoms with Crippen molar-refractivity contribution in [1.82, 2.24) is 9.29 Å². The van der Waals surface area contributed by atoms with E-state index in [1.54, 1.807) is 27.2 Å². The quantitative estimate of drug-likeness (QED) is 0.296. The number of carbonyl (C=O) groups is 1. The number of rotatable bonds is 8.